The van der Waals surface area contributed by atoms with Crippen LogP contribution in [-0.4, -0.2) is 23.0 Å². The van der Waals surface area contributed by atoms with Crippen LogP contribution in [0.5, 0.6) is 0 Å². The van der Waals surface area contributed by atoms with Gasteiger partial charge >= 0.3 is 29.6 Å². The maximum Gasteiger partial charge on any atom is 1.00 e. The van der Waals surface area contributed by atoms with Crippen molar-refractivity contribution in [1.82, 2.24) is 0 Å². The van der Waals surface area contributed by atoms with Crippen LogP contribution in [0.25, 0.3) is 0 Å². The molecule has 0 spiro atoms. The average molecular weight is 300 g/mol. The van der Waals surface area contributed by atoms with Crippen molar-refractivity contribution in [3.05, 3.63) is 23.8 Å². The largest absolute Gasteiger partial charge is 1.00 e. The molecule has 106 valence electrons. The Bertz CT molecular complexity index is 425. The van der Waals surface area contributed by atoms with Gasteiger partial charge < -0.3 is 10.5 Å². The molecule has 1 aliphatic rings. The number of hydrogen-bond donors (Lipinski definition) is 2. The Balaban J connectivity index is 0. The van der Waals surface area contributed by atoms with E-state index < -0.39 is 14.9 Å². The minimum absolute atomic E-state index is 0. The SMILES string of the molecule is CC(C)C1=CC=CC(C(C)C)(S(=O)(=O)O)C1.[Na+].[O-]O. The van der Waals surface area contributed by atoms with Gasteiger partial charge in [-0.25, -0.2) is 0 Å². The molecule has 0 aromatic rings. The van der Waals surface area contributed by atoms with Gasteiger partial charge in [0.1, 0.15) is 4.75 Å². The zero-order valence-corrected chi connectivity index (χ0v) is 14.9. The Morgan fingerprint density at radius 1 is 1.26 bits per heavy atom. The normalized spacial score (nSPS) is 22.5. The van der Waals surface area contributed by atoms with E-state index in [0.29, 0.717) is 12.3 Å². The zero-order chi connectivity index (χ0) is 14.6. The van der Waals surface area contributed by atoms with Crippen molar-refractivity contribution in [2.75, 3.05) is 0 Å². The van der Waals surface area contributed by atoms with E-state index in [1.807, 2.05) is 33.8 Å². The summed E-state index contributed by atoms with van der Waals surface area (Å²) in [5.41, 5.74) is 1.06. The van der Waals surface area contributed by atoms with Crippen molar-refractivity contribution in [2.45, 2.75) is 38.9 Å². The van der Waals surface area contributed by atoms with Gasteiger partial charge in [-0.2, -0.15) is 8.42 Å². The summed E-state index contributed by atoms with van der Waals surface area (Å²) < 4.78 is 31.5. The Morgan fingerprint density at radius 2 is 1.74 bits per heavy atom. The molecule has 1 unspecified atom stereocenters. The first-order chi connectivity index (χ1) is 8.21. The summed E-state index contributed by atoms with van der Waals surface area (Å²) in [5.74, 6) is 0.144. The molecule has 0 aliphatic heterocycles. The van der Waals surface area contributed by atoms with E-state index >= 15 is 0 Å². The molecule has 0 saturated carbocycles. The van der Waals surface area contributed by atoms with E-state index in [1.54, 1.807) is 12.2 Å². The van der Waals surface area contributed by atoms with Crippen LogP contribution in [-0.2, 0) is 10.1 Å². The van der Waals surface area contributed by atoms with Crippen LogP contribution >= 0.6 is 0 Å². The molecule has 5 nitrogen and oxygen atoms in total. The molecule has 0 fully saturated rings. The van der Waals surface area contributed by atoms with Crippen LogP contribution in [0, 0.1) is 11.8 Å². The molecule has 0 bridgehead atoms. The molecule has 19 heavy (non-hydrogen) atoms. The summed E-state index contributed by atoms with van der Waals surface area (Å²) in [5, 5.41) is 13.0. The van der Waals surface area contributed by atoms with Crippen molar-refractivity contribution >= 4 is 10.1 Å². The Hall–Kier alpha value is 0.310. The fourth-order valence-corrected chi connectivity index (χ4v) is 3.23. The van der Waals surface area contributed by atoms with Gasteiger partial charge in [-0.05, 0) is 18.3 Å². The van der Waals surface area contributed by atoms with E-state index in [2.05, 4.69) is 0 Å². The van der Waals surface area contributed by atoms with Gasteiger partial charge in [-0.1, -0.05) is 51.5 Å². The van der Waals surface area contributed by atoms with Crippen molar-refractivity contribution in [3.8, 4) is 0 Å². The predicted molar refractivity (Wildman–Crippen MR) is 68.4 cm³/mol. The molecular weight excluding hydrogens is 279 g/mol. The number of allylic oxidation sites excluding steroid dienone is 3. The smallest absolute Gasteiger partial charge is 0.727 e. The molecule has 1 rings (SSSR count). The third kappa shape index (κ3) is 4.97. The summed E-state index contributed by atoms with van der Waals surface area (Å²) in [4.78, 5) is 0. The maximum absolute atomic E-state index is 11.6. The third-order valence-corrected chi connectivity index (χ3v) is 5.08. The van der Waals surface area contributed by atoms with E-state index in [0.717, 1.165) is 5.57 Å². The predicted octanol–water partition coefficient (Wildman–Crippen LogP) is -1.36. The maximum atomic E-state index is 11.6. The van der Waals surface area contributed by atoms with Crippen molar-refractivity contribution in [3.63, 3.8) is 0 Å². The van der Waals surface area contributed by atoms with Gasteiger partial charge in [-0.15, -0.1) is 0 Å². The van der Waals surface area contributed by atoms with Gasteiger partial charge in [0.2, 0.25) is 0 Å². The molecular formula is C12H21NaO5S. The second kappa shape index (κ2) is 8.56. The molecule has 0 aromatic carbocycles. The average Bonchev–Trinajstić information content (AvgIpc) is 2.30. The number of hydrogen-bond acceptors (Lipinski definition) is 4. The van der Waals surface area contributed by atoms with Crippen LogP contribution in [0.4, 0.5) is 0 Å². The summed E-state index contributed by atoms with van der Waals surface area (Å²) >= 11 is 0. The summed E-state index contributed by atoms with van der Waals surface area (Å²) in [6, 6.07) is 0. The monoisotopic (exact) mass is 300 g/mol. The van der Waals surface area contributed by atoms with Gasteiger partial charge in [-0.3, -0.25) is 4.55 Å². The van der Waals surface area contributed by atoms with E-state index in [1.165, 1.54) is 0 Å². The van der Waals surface area contributed by atoms with Gasteiger partial charge in [0.25, 0.3) is 10.1 Å². The second-order valence-corrected chi connectivity index (χ2v) is 6.73. The molecule has 1 atom stereocenters. The minimum atomic E-state index is -4.08. The number of rotatable bonds is 3. The topological polar surface area (TPSA) is 97.7 Å². The third-order valence-electron chi connectivity index (χ3n) is 3.37. The molecule has 0 aromatic heterocycles. The van der Waals surface area contributed by atoms with Crippen molar-refractivity contribution in [1.29, 1.82) is 0 Å². The van der Waals surface area contributed by atoms with E-state index in [4.69, 9.17) is 10.5 Å². The Labute approximate surface area is 137 Å². The summed E-state index contributed by atoms with van der Waals surface area (Å²) in [7, 11) is -4.08. The molecule has 7 heteroatoms. The van der Waals surface area contributed by atoms with Crippen LogP contribution in [0.15, 0.2) is 23.8 Å². The van der Waals surface area contributed by atoms with Crippen LogP contribution in [0.2, 0.25) is 0 Å². The quantitative estimate of drug-likeness (QED) is 0.290. The van der Waals surface area contributed by atoms with Gasteiger partial charge in [0.05, 0.1) is 0 Å². The van der Waals surface area contributed by atoms with E-state index in [-0.39, 0.29) is 35.5 Å². The Kier molecular flexibility index (Phi) is 9.74. The minimum Gasteiger partial charge on any atom is -0.727 e. The summed E-state index contributed by atoms with van der Waals surface area (Å²) in [6.45, 7) is 7.70. The molecule has 2 N–H and O–H groups in total. The first-order valence-electron chi connectivity index (χ1n) is 5.74. The fourth-order valence-electron chi connectivity index (χ4n) is 2.04. The van der Waals surface area contributed by atoms with Gasteiger partial charge in [0.15, 0.2) is 0 Å². The zero-order valence-electron chi connectivity index (χ0n) is 12.1. The first-order valence-corrected chi connectivity index (χ1v) is 7.18. The molecule has 1 aliphatic carbocycles. The van der Waals surface area contributed by atoms with Crippen LogP contribution < -0.4 is 34.8 Å². The molecule has 0 radical (unpaired) electrons. The van der Waals surface area contributed by atoms with Crippen molar-refractivity contribution < 1.29 is 53.0 Å². The van der Waals surface area contributed by atoms with Crippen LogP contribution in [0.3, 0.4) is 0 Å². The summed E-state index contributed by atoms with van der Waals surface area (Å²) in [6.07, 6.45) is 5.68. The first kappa shape index (κ1) is 21.6. The van der Waals surface area contributed by atoms with E-state index in [9.17, 15) is 13.0 Å². The molecule has 0 heterocycles. The standard InChI is InChI=1S/C12H20O3S.Na.H2O2/c1-9(2)11-6-5-7-12(8-11,10(3)4)16(13,14)15;;1-2/h5-7,9-10H,8H2,1-4H3,(H,13,14,15);;1-2H/q;+1;/p-1. The Morgan fingerprint density at radius 3 is 2.05 bits per heavy atom. The van der Waals surface area contributed by atoms with Gasteiger partial charge in [0, 0.05) is 0 Å². The molecule has 0 saturated heterocycles. The fraction of sp³-hybridized carbons (Fsp3) is 0.667. The second-order valence-electron chi connectivity index (χ2n) is 5.02. The van der Waals surface area contributed by atoms with Crippen molar-refractivity contribution in [2.24, 2.45) is 11.8 Å². The molecule has 0 amide bonds. The van der Waals surface area contributed by atoms with Crippen LogP contribution in [0.1, 0.15) is 34.1 Å².